The fourth-order valence-corrected chi connectivity index (χ4v) is 1.56. The van der Waals surface area contributed by atoms with Crippen LogP contribution in [0.25, 0.3) is 0 Å². The summed E-state index contributed by atoms with van der Waals surface area (Å²) in [6.45, 7) is 9.02. The van der Waals surface area contributed by atoms with Gasteiger partial charge in [-0.2, -0.15) is 0 Å². The molecule has 0 radical (unpaired) electrons. The fraction of sp³-hybridized carbons (Fsp3) is 0.625. The van der Waals surface area contributed by atoms with Gasteiger partial charge in [0, 0.05) is 19.8 Å². The van der Waals surface area contributed by atoms with E-state index in [2.05, 4.69) is 12.1 Å². The molecule has 20 heavy (non-hydrogen) atoms. The summed E-state index contributed by atoms with van der Waals surface area (Å²) >= 11 is 0. The van der Waals surface area contributed by atoms with E-state index >= 15 is 0 Å². The number of aliphatic hydroxyl groups excluding tert-OH is 1. The first kappa shape index (κ1) is 21.4. The standard InChI is InChI=1S/C10H16N2.C4H10O.C2H6O/c11-7-5-9-3-1-2-4-10(9)6-8-12;1-3-5-4-2;1-2-3/h1-4H,5-8,11-12H2;3-4H2,1-2H3;3H,2H2,1H3. The van der Waals surface area contributed by atoms with E-state index in [9.17, 15) is 0 Å². The summed E-state index contributed by atoms with van der Waals surface area (Å²) in [5, 5.41) is 7.57. The number of rotatable bonds is 6. The number of hydrogen-bond acceptors (Lipinski definition) is 4. The summed E-state index contributed by atoms with van der Waals surface area (Å²) in [6.07, 6.45) is 1.91. The SMILES string of the molecule is CCO.CCOCC.NCCc1ccccc1CCN. The van der Waals surface area contributed by atoms with Gasteiger partial charge in [-0.15, -0.1) is 0 Å². The predicted molar refractivity (Wildman–Crippen MR) is 86.9 cm³/mol. The number of benzene rings is 1. The second-order valence-corrected chi connectivity index (χ2v) is 3.94. The lowest BCUT2D eigenvalue weighted by Gasteiger charge is -2.06. The third-order valence-electron chi connectivity index (χ3n) is 2.35. The van der Waals surface area contributed by atoms with Crippen LogP contribution < -0.4 is 11.5 Å². The Morgan fingerprint density at radius 1 is 0.900 bits per heavy atom. The van der Waals surface area contributed by atoms with Crippen LogP contribution in [0.15, 0.2) is 24.3 Å². The minimum absolute atomic E-state index is 0.250. The van der Waals surface area contributed by atoms with Crippen LogP contribution in [0.5, 0.6) is 0 Å². The number of hydrogen-bond donors (Lipinski definition) is 3. The molecule has 5 N–H and O–H groups in total. The molecule has 0 aromatic heterocycles. The smallest absolute Gasteiger partial charge is 0.0437 e. The Bertz CT molecular complexity index is 267. The molecule has 0 aliphatic rings. The van der Waals surface area contributed by atoms with Crippen molar-refractivity contribution in [1.82, 2.24) is 0 Å². The molecule has 0 saturated carbocycles. The molecular formula is C16H32N2O2. The molecular weight excluding hydrogens is 252 g/mol. The Labute approximate surface area is 124 Å². The molecule has 0 spiro atoms. The van der Waals surface area contributed by atoms with Crippen LogP contribution in [0.2, 0.25) is 0 Å². The average molecular weight is 284 g/mol. The highest BCUT2D eigenvalue weighted by Crippen LogP contribution is 2.08. The first-order valence-corrected chi connectivity index (χ1v) is 7.37. The first-order valence-electron chi connectivity index (χ1n) is 7.37. The second-order valence-electron chi connectivity index (χ2n) is 3.94. The molecule has 0 atom stereocenters. The van der Waals surface area contributed by atoms with E-state index < -0.39 is 0 Å². The van der Waals surface area contributed by atoms with Gasteiger partial charge in [-0.05, 0) is 57.8 Å². The molecule has 4 heteroatoms. The van der Waals surface area contributed by atoms with Gasteiger partial charge >= 0.3 is 0 Å². The number of aliphatic hydroxyl groups is 1. The van der Waals surface area contributed by atoms with Crippen molar-refractivity contribution in [3.05, 3.63) is 35.4 Å². The van der Waals surface area contributed by atoms with Crippen molar-refractivity contribution in [1.29, 1.82) is 0 Å². The third-order valence-corrected chi connectivity index (χ3v) is 2.35. The summed E-state index contributed by atoms with van der Waals surface area (Å²) in [7, 11) is 0. The van der Waals surface area contributed by atoms with Gasteiger partial charge < -0.3 is 21.3 Å². The fourth-order valence-electron chi connectivity index (χ4n) is 1.56. The van der Waals surface area contributed by atoms with Crippen LogP contribution in [0.3, 0.4) is 0 Å². The topological polar surface area (TPSA) is 81.5 Å². The van der Waals surface area contributed by atoms with E-state index in [1.54, 1.807) is 6.92 Å². The van der Waals surface area contributed by atoms with Crippen molar-refractivity contribution in [2.75, 3.05) is 32.9 Å². The molecule has 0 bridgehead atoms. The van der Waals surface area contributed by atoms with Crippen LogP contribution in [0.4, 0.5) is 0 Å². The summed E-state index contributed by atoms with van der Waals surface area (Å²) in [6, 6.07) is 8.34. The lowest BCUT2D eigenvalue weighted by Crippen LogP contribution is -2.08. The van der Waals surface area contributed by atoms with Crippen LogP contribution in [0.1, 0.15) is 31.9 Å². The van der Waals surface area contributed by atoms with Crippen molar-refractivity contribution in [3.8, 4) is 0 Å². The highest BCUT2D eigenvalue weighted by molar-refractivity contribution is 5.27. The van der Waals surface area contributed by atoms with Crippen molar-refractivity contribution in [2.45, 2.75) is 33.6 Å². The molecule has 118 valence electrons. The van der Waals surface area contributed by atoms with E-state index in [1.807, 2.05) is 26.0 Å². The molecule has 1 aromatic carbocycles. The molecule has 4 nitrogen and oxygen atoms in total. The van der Waals surface area contributed by atoms with E-state index in [-0.39, 0.29) is 6.61 Å². The number of ether oxygens (including phenoxy) is 1. The lowest BCUT2D eigenvalue weighted by molar-refractivity contribution is 0.162. The molecule has 0 fully saturated rings. The molecule has 0 saturated heterocycles. The Morgan fingerprint density at radius 2 is 1.25 bits per heavy atom. The van der Waals surface area contributed by atoms with Gasteiger partial charge in [0.1, 0.15) is 0 Å². The molecule has 0 aliphatic carbocycles. The predicted octanol–water partition coefficient (Wildman–Crippen LogP) is 1.73. The van der Waals surface area contributed by atoms with Crippen molar-refractivity contribution >= 4 is 0 Å². The maximum absolute atomic E-state index is 7.57. The van der Waals surface area contributed by atoms with Gasteiger partial charge in [0.05, 0.1) is 0 Å². The Balaban J connectivity index is 0. The van der Waals surface area contributed by atoms with Crippen LogP contribution in [-0.2, 0) is 17.6 Å². The van der Waals surface area contributed by atoms with Crippen LogP contribution >= 0.6 is 0 Å². The maximum atomic E-state index is 7.57. The third kappa shape index (κ3) is 13.5. The minimum atomic E-state index is 0.250. The van der Waals surface area contributed by atoms with E-state index in [0.29, 0.717) is 13.1 Å². The molecule has 1 aromatic rings. The Kier molecular flexibility index (Phi) is 19.3. The maximum Gasteiger partial charge on any atom is 0.0437 e. The zero-order valence-corrected chi connectivity index (χ0v) is 13.3. The average Bonchev–Trinajstić information content (AvgIpc) is 2.44. The summed E-state index contributed by atoms with van der Waals surface area (Å²) < 4.78 is 4.83. The van der Waals surface area contributed by atoms with E-state index in [0.717, 1.165) is 26.1 Å². The van der Waals surface area contributed by atoms with Crippen molar-refractivity contribution < 1.29 is 9.84 Å². The largest absolute Gasteiger partial charge is 0.397 e. The lowest BCUT2D eigenvalue weighted by atomic mass is 10.0. The summed E-state index contributed by atoms with van der Waals surface area (Å²) in [5.74, 6) is 0. The van der Waals surface area contributed by atoms with Gasteiger partial charge in [-0.25, -0.2) is 0 Å². The Morgan fingerprint density at radius 3 is 1.45 bits per heavy atom. The zero-order valence-electron chi connectivity index (χ0n) is 13.3. The van der Waals surface area contributed by atoms with Gasteiger partial charge in [-0.1, -0.05) is 24.3 Å². The highest BCUT2D eigenvalue weighted by Gasteiger charge is 1.98. The Hall–Kier alpha value is -0.940. The highest BCUT2D eigenvalue weighted by atomic mass is 16.5. The second kappa shape index (κ2) is 18.1. The molecule has 1 rings (SSSR count). The van der Waals surface area contributed by atoms with Crippen molar-refractivity contribution in [3.63, 3.8) is 0 Å². The zero-order chi connectivity index (χ0) is 15.6. The van der Waals surface area contributed by atoms with E-state index in [4.69, 9.17) is 21.3 Å². The quantitative estimate of drug-likeness (QED) is 0.743. The molecule has 0 heterocycles. The molecule has 0 unspecified atom stereocenters. The summed E-state index contributed by atoms with van der Waals surface area (Å²) in [5.41, 5.74) is 13.7. The normalized spacial score (nSPS) is 9.10. The van der Waals surface area contributed by atoms with Crippen molar-refractivity contribution in [2.24, 2.45) is 11.5 Å². The van der Waals surface area contributed by atoms with Crippen LogP contribution in [0, 0.1) is 0 Å². The van der Waals surface area contributed by atoms with E-state index in [1.165, 1.54) is 11.1 Å². The minimum Gasteiger partial charge on any atom is -0.397 e. The van der Waals surface area contributed by atoms with Gasteiger partial charge in [0.2, 0.25) is 0 Å². The van der Waals surface area contributed by atoms with Crippen LogP contribution in [-0.4, -0.2) is 38.0 Å². The number of nitrogens with two attached hydrogens (primary N) is 2. The molecule has 0 amide bonds. The first-order chi connectivity index (χ1) is 9.71. The summed E-state index contributed by atoms with van der Waals surface area (Å²) in [4.78, 5) is 0. The van der Waals surface area contributed by atoms with Gasteiger partial charge in [0.25, 0.3) is 0 Å². The monoisotopic (exact) mass is 284 g/mol. The van der Waals surface area contributed by atoms with Gasteiger partial charge in [0.15, 0.2) is 0 Å². The molecule has 0 aliphatic heterocycles. The van der Waals surface area contributed by atoms with Gasteiger partial charge in [-0.3, -0.25) is 0 Å².